The average molecular weight is 204 g/mol. The van der Waals surface area contributed by atoms with E-state index in [1.807, 2.05) is 19.0 Å². The smallest absolute Gasteiger partial charge is 0.234 e. The molecule has 0 aromatic rings. The molecule has 0 aliphatic carbocycles. The van der Waals surface area contributed by atoms with Crippen LogP contribution in [0.15, 0.2) is 0 Å². The normalized spacial score (nSPS) is 10.6. The summed E-state index contributed by atoms with van der Waals surface area (Å²) in [5.74, 6) is 0.0251. The highest BCUT2D eigenvalue weighted by molar-refractivity contribution is 5.77. The van der Waals surface area contributed by atoms with Crippen molar-refractivity contribution in [3.8, 4) is 0 Å². The maximum Gasteiger partial charge on any atom is 0.234 e. The molecule has 0 aromatic heterocycles. The second kappa shape index (κ2) is 8.93. The Hall–Kier alpha value is -0.650. The van der Waals surface area contributed by atoms with Crippen LogP contribution in [0.4, 0.5) is 0 Å². The summed E-state index contributed by atoms with van der Waals surface area (Å²) in [6, 6.07) is 0. The van der Waals surface area contributed by atoms with Crippen LogP contribution in [0.25, 0.3) is 0 Å². The molecular weight excluding hydrogens is 184 g/mol. The van der Waals surface area contributed by atoms with E-state index in [1.165, 1.54) is 0 Å². The van der Waals surface area contributed by atoms with Gasteiger partial charge in [0.2, 0.25) is 5.91 Å². The van der Waals surface area contributed by atoms with Crippen LogP contribution in [-0.2, 0) is 9.53 Å². The number of ether oxygens (including phenoxy) is 1. The van der Waals surface area contributed by atoms with Crippen molar-refractivity contribution in [1.29, 1.82) is 0 Å². The highest BCUT2D eigenvalue weighted by Gasteiger charge is 2.00. The number of hydrogen-bond donors (Lipinski definition) is 2. The molecule has 84 valence electrons. The zero-order valence-electron chi connectivity index (χ0n) is 8.95. The van der Waals surface area contributed by atoms with Gasteiger partial charge < -0.3 is 20.1 Å². The van der Waals surface area contributed by atoms with Crippen LogP contribution in [-0.4, -0.2) is 62.9 Å². The fourth-order valence-corrected chi connectivity index (χ4v) is 0.912. The van der Waals surface area contributed by atoms with Gasteiger partial charge in [0.1, 0.15) is 0 Å². The summed E-state index contributed by atoms with van der Waals surface area (Å²) in [4.78, 5) is 12.9. The summed E-state index contributed by atoms with van der Waals surface area (Å²) in [6.45, 7) is 2.02. The van der Waals surface area contributed by atoms with Crippen molar-refractivity contribution in [1.82, 2.24) is 10.2 Å². The highest BCUT2D eigenvalue weighted by Crippen LogP contribution is 1.81. The van der Waals surface area contributed by atoms with Gasteiger partial charge in [-0.1, -0.05) is 0 Å². The zero-order valence-corrected chi connectivity index (χ0v) is 8.95. The van der Waals surface area contributed by atoms with Crippen LogP contribution in [0, 0.1) is 0 Å². The van der Waals surface area contributed by atoms with E-state index in [-0.39, 0.29) is 12.5 Å². The number of nitrogens with zero attached hydrogens (tertiary/aromatic N) is 1. The molecule has 0 bridgehead atoms. The second-order valence-electron chi connectivity index (χ2n) is 3.28. The minimum Gasteiger partial charge on any atom is -0.394 e. The summed E-state index contributed by atoms with van der Waals surface area (Å²) < 4.78 is 5.03. The van der Waals surface area contributed by atoms with Gasteiger partial charge in [0.25, 0.3) is 0 Å². The molecule has 0 spiro atoms. The molecule has 0 atom stereocenters. The lowest BCUT2D eigenvalue weighted by Crippen LogP contribution is -2.34. The zero-order chi connectivity index (χ0) is 10.8. The van der Waals surface area contributed by atoms with Crippen LogP contribution >= 0.6 is 0 Å². The number of carbonyl (C=O) groups is 1. The van der Waals surface area contributed by atoms with E-state index >= 15 is 0 Å². The van der Waals surface area contributed by atoms with Crippen molar-refractivity contribution in [2.75, 3.05) is 47.0 Å². The van der Waals surface area contributed by atoms with Crippen LogP contribution < -0.4 is 5.32 Å². The van der Waals surface area contributed by atoms with Crippen molar-refractivity contribution in [2.45, 2.75) is 6.42 Å². The molecule has 0 saturated heterocycles. The molecule has 0 unspecified atom stereocenters. The first-order valence-electron chi connectivity index (χ1n) is 4.77. The number of likely N-dealkylation sites (N-methyl/N-ethyl adjacent to an activating group) is 1. The maximum atomic E-state index is 11.1. The molecule has 1 amide bonds. The monoisotopic (exact) mass is 204 g/mol. The summed E-state index contributed by atoms with van der Waals surface area (Å²) in [6.07, 6.45) is 0.777. The third-order valence-electron chi connectivity index (χ3n) is 1.48. The Bertz CT molecular complexity index is 151. The Labute approximate surface area is 85.0 Å². The molecule has 0 saturated carbocycles. The summed E-state index contributed by atoms with van der Waals surface area (Å²) in [5, 5.41) is 11.2. The SMILES string of the molecule is CN(C)CC(=O)NCCCOCCO. The fraction of sp³-hybridized carbons (Fsp3) is 0.889. The van der Waals surface area contributed by atoms with E-state index in [0.29, 0.717) is 26.3 Å². The Morgan fingerprint density at radius 3 is 2.71 bits per heavy atom. The number of amides is 1. The molecular formula is C9H20N2O3. The first-order chi connectivity index (χ1) is 6.66. The molecule has 0 aliphatic heterocycles. The van der Waals surface area contributed by atoms with E-state index in [4.69, 9.17) is 9.84 Å². The van der Waals surface area contributed by atoms with E-state index < -0.39 is 0 Å². The lowest BCUT2D eigenvalue weighted by atomic mass is 10.4. The van der Waals surface area contributed by atoms with Crippen molar-refractivity contribution < 1.29 is 14.6 Å². The van der Waals surface area contributed by atoms with Gasteiger partial charge in [-0.3, -0.25) is 4.79 Å². The van der Waals surface area contributed by atoms with Crippen LogP contribution in [0.3, 0.4) is 0 Å². The molecule has 5 nitrogen and oxygen atoms in total. The quantitative estimate of drug-likeness (QED) is 0.501. The Balaban J connectivity index is 3.15. The van der Waals surface area contributed by atoms with Crippen molar-refractivity contribution in [3.63, 3.8) is 0 Å². The molecule has 14 heavy (non-hydrogen) atoms. The molecule has 0 radical (unpaired) electrons. The van der Waals surface area contributed by atoms with Crippen molar-refractivity contribution >= 4 is 5.91 Å². The van der Waals surface area contributed by atoms with Gasteiger partial charge >= 0.3 is 0 Å². The number of carbonyl (C=O) groups excluding carboxylic acids is 1. The molecule has 0 rings (SSSR count). The third kappa shape index (κ3) is 9.44. The van der Waals surface area contributed by atoms with Gasteiger partial charge in [-0.25, -0.2) is 0 Å². The van der Waals surface area contributed by atoms with E-state index in [0.717, 1.165) is 6.42 Å². The summed E-state index contributed by atoms with van der Waals surface area (Å²) >= 11 is 0. The largest absolute Gasteiger partial charge is 0.394 e. The summed E-state index contributed by atoms with van der Waals surface area (Å²) in [5.41, 5.74) is 0. The van der Waals surface area contributed by atoms with E-state index in [2.05, 4.69) is 5.32 Å². The van der Waals surface area contributed by atoms with E-state index in [9.17, 15) is 4.79 Å². The van der Waals surface area contributed by atoms with Crippen molar-refractivity contribution in [2.24, 2.45) is 0 Å². The lowest BCUT2D eigenvalue weighted by Gasteiger charge is -2.09. The third-order valence-corrected chi connectivity index (χ3v) is 1.48. The van der Waals surface area contributed by atoms with Gasteiger partial charge in [-0.2, -0.15) is 0 Å². The van der Waals surface area contributed by atoms with Gasteiger partial charge in [0.05, 0.1) is 19.8 Å². The molecule has 0 aromatic carbocycles. The molecule has 5 heteroatoms. The Kier molecular flexibility index (Phi) is 8.51. The first-order valence-corrected chi connectivity index (χ1v) is 4.77. The Morgan fingerprint density at radius 1 is 1.43 bits per heavy atom. The minimum absolute atomic E-state index is 0.0251. The maximum absolute atomic E-state index is 11.1. The summed E-state index contributed by atoms with van der Waals surface area (Å²) in [7, 11) is 3.70. The van der Waals surface area contributed by atoms with Crippen LogP contribution in [0.1, 0.15) is 6.42 Å². The average Bonchev–Trinajstić information content (AvgIpc) is 2.10. The van der Waals surface area contributed by atoms with Gasteiger partial charge in [-0.05, 0) is 20.5 Å². The Morgan fingerprint density at radius 2 is 2.14 bits per heavy atom. The van der Waals surface area contributed by atoms with Crippen LogP contribution in [0.2, 0.25) is 0 Å². The molecule has 2 N–H and O–H groups in total. The molecule has 0 fully saturated rings. The predicted molar refractivity (Wildman–Crippen MR) is 54.1 cm³/mol. The van der Waals surface area contributed by atoms with Crippen LogP contribution in [0.5, 0.6) is 0 Å². The standard InChI is InChI=1S/C9H20N2O3/c1-11(2)8-9(13)10-4-3-6-14-7-5-12/h12H,3-8H2,1-2H3,(H,10,13). The van der Waals surface area contributed by atoms with Gasteiger partial charge in [0, 0.05) is 13.2 Å². The van der Waals surface area contributed by atoms with E-state index in [1.54, 1.807) is 0 Å². The second-order valence-corrected chi connectivity index (χ2v) is 3.28. The molecule has 0 aliphatic rings. The number of aliphatic hydroxyl groups is 1. The molecule has 0 heterocycles. The minimum atomic E-state index is 0.0251. The van der Waals surface area contributed by atoms with Gasteiger partial charge in [-0.15, -0.1) is 0 Å². The van der Waals surface area contributed by atoms with Crippen molar-refractivity contribution in [3.05, 3.63) is 0 Å². The first kappa shape index (κ1) is 13.4. The lowest BCUT2D eigenvalue weighted by molar-refractivity contribution is -0.121. The predicted octanol–water partition coefficient (Wildman–Crippen LogP) is -0.937. The topological polar surface area (TPSA) is 61.8 Å². The highest BCUT2D eigenvalue weighted by atomic mass is 16.5. The number of hydrogen-bond acceptors (Lipinski definition) is 4. The fourth-order valence-electron chi connectivity index (χ4n) is 0.912. The number of aliphatic hydroxyl groups excluding tert-OH is 1. The van der Waals surface area contributed by atoms with Gasteiger partial charge in [0.15, 0.2) is 0 Å². The number of rotatable bonds is 8. The number of nitrogens with one attached hydrogen (secondary N) is 1.